The van der Waals surface area contributed by atoms with Gasteiger partial charge in [0, 0.05) is 18.1 Å². The van der Waals surface area contributed by atoms with Gasteiger partial charge in [0.15, 0.2) is 6.10 Å². The molecule has 37 heavy (non-hydrogen) atoms. The van der Waals surface area contributed by atoms with Crippen molar-refractivity contribution in [3.05, 3.63) is 101 Å². The third-order valence-corrected chi connectivity index (χ3v) is 6.34. The Kier molecular flexibility index (Phi) is 8.43. The average molecular weight is 523 g/mol. The van der Waals surface area contributed by atoms with Gasteiger partial charge in [0.2, 0.25) is 5.91 Å². The molecule has 0 radical (unpaired) electrons. The van der Waals surface area contributed by atoms with Crippen molar-refractivity contribution in [2.45, 2.75) is 25.2 Å². The number of carbonyl (C=O) groups is 3. The lowest BCUT2D eigenvalue weighted by atomic mass is 9.95. The molecule has 3 aromatic carbocycles. The molecule has 9 heteroatoms. The summed E-state index contributed by atoms with van der Waals surface area (Å²) in [5, 5.41) is 10.1. The first kappa shape index (κ1) is 26.2. The highest BCUT2D eigenvalue weighted by molar-refractivity contribution is 6.30. The lowest BCUT2D eigenvalue weighted by Gasteiger charge is -2.42. The molecule has 0 aromatic heterocycles. The molecule has 1 heterocycles. The average Bonchev–Trinajstić information content (AvgIpc) is 2.89. The number of benzene rings is 3. The van der Waals surface area contributed by atoms with E-state index in [1.165, 1.54) is 12.0 Å². The van der Waals surface area contributed by atoms with Crippen LogP contribution in [0.2, 0.25) is 5.02 Å². The fraction of sp³-hybridized carbons (Fsp3) is 0.250. The summed E-state index contributed by atoms with van der Waals surface area (Å²) >= 11 is 6.17. The van der Waals surface area contributed by atoms with Crippen molar-refractivity contribution < 1.29 is 29.0 Å². The van der Waals surface area contributed by atoms with Crippen molar-refractivity contribution in [3.63, 3.8) is 0 Å². The van der Waals surface area contributed by atoms with E-state index in [4.69, 9.17) is 21.1 Å². The summed E-state index contributed by atoms with van der Waals surface area (Å²) in [6, 6.07) is 22.6. The molecule has 4 rings (SSSR count). The number of methoxy groups -OCH3 is 1. The van der Waals surface area contributed by atoms with Crippen LogP contribution in [0, 0.1) is 0 Å². The highest BCUT2D eigenvalue weighted by Gasteiger charge is 2.43. The zero-order chi connectivity index (χ0) is 26.4. The Morgan fingerprint density at radius 3 is 2.49 bits per heavy atom. The monoisotopic (exact) mass is 522 g/mol. The van der Waals surface area contributed by atoms with Gasteiger partial charge in [0.05, 0.1) is 13.2 Å². The number of halogens is 1. The second-order valence-corrected chi connectivity index (χ2v) is 9.11. The quantitative estimate of drug-likeness (QED) is 0.457. The van der Waals surface area contributed by atoms with Crippen LogP contribution in [0.25, 0.3) is 0 Å². The molecule has 0 spiro atoms. The second-order valence-electron chi connectivity index (χ2n) is 8.68. The fourth-order valence-electron chi connectivity index (χ4n) is 4.43. The molecule has 1 saturated heterocycles. The van der Waals surface area contributed by atoms with E-state index in [9.17, 15) is 19.5 Å². The normalized spacial score (nSPS) is 17.4. The summed E-state index contributed by atoms with van der Waals surface area (Å²) < 4.78 is 11.1. The van der Waals surface area contributed by atoms with E-state index in [0.717, 1.165) is 5.56 Å². The van der Waals surface area contributed by atoms with Crippen LogP contribution in [0.4, 0.5) is 0 Å². The van der Waals surface area contributed by atoms with Gasteiger partial charge < -0.3 is 24.4 Å². The third-order valence-electron chi connectivity index (χ3n) is 6.10. The van der Waals surface area contributed by atoms with Crippen molar-refractivity contribution >= 4 is 29.4 Å². The van der Waals surface area contributed by atoms with Crippen LogP contribution in [0.1, 0.15) is 22.7 Å². The van der Waals surface area contributed by atoms with Crippen LogP contribution in [-0.2, 0) is 32.2 Å². The van der Waals surface area contributed by atoms with E-state index >= 15 is 0 Å². The highest BCUT2D eigenvalue weighted by Crippen LogP contribution is 2.33. The Labute approximate surface area is 220 Å². The van der Waals surface area contributed by atoms with E-state index < -0.39 is 30.6 Å². The molecule has 0 saturated carbocycles. The number of carboxylic acids is 1. The van der Waals surface area contributed by atoms with Crippen LogP contribution in [-0.4, -0.2) is 59.1 Å². The van der Waals surface area contributed by atoms with Gasteiger partial charge in [-0.15, -0.1) is 0 Å². The van der Waals surface area contributed by atoms with Crippen LogP contribution in [0.5, 0.6) is 5.75 Å². The molecule has 0 aliphatic carbocycles. The molecule has 0 unspecified atom stereocenters. The first-order valence-electron chi connectivity index (χ1n) is 11.7. The molecular weight excluding hydrogens is 496 g/mol. The van der Waals surface area contributed by atoms with Crippen molar-refractivity contribution in [3.8, 4) is 5.75 Å². The minimum Gasteiger partial charge on any atom is -0.497 e. The third kappa shape index (κ3) is 6.47. The summed E-state index contributed by atoms with van der Waals surface area (Å²) in [7, 11) is 1.53. The number of amides is 2. The Morgan fingerprint density at radius 2 is 1.78 bits per heavy atom. The summed E-state index contributed by atoms with van der Waals surface area (Å²) in [5.41, 5.74) is 2.20. The predicted octanol–water partition coefficient (Wildman–Crippen LogP) is 3.93. The number of hydrogen-bond donors (Lipinski definition) is 1. The maximum absolute atomic E-state index is 13.9. The highest BCUT2D eigenvalue weighted by atomic mass is 35.5. The summed E-state index contributed by atoms with van der Waals surface area (Å²) in [4.78, 5) is 41.5. The van der Waals surface area contributed by atoms with Gasteiger partial charge in [-0.1, -0.05) is 66.2 Å². The predicted molar refractivity (Wildman–Crippen MR) is 137 cm³/mol. The molecule has 1 N–H and O–H groups in total. The number of carboxylic acid groups (broad SMARTS) is 1. The van der Waals surface area contributed by atoms with Crippen LogP contribution >= 0.6 is 11.6 Å². The molecule has 1 aliphatic rings. The Balaban J connectivity index is 1.69. The summed E-state index contributed by atoms with van der Waals surface area (Å²) in [6.07, 6.45) is -1.11. The number of ether oxygens (including phenoxy) is 2. The van der Waals surface area contributed by atoms with Crippen molar-refractivity contribution in [1.82, 2.24) is 9.80 Å². The number of hydrogen-bond acceptors (Lipinski definition) is 5. The second kappa shape index (κ2) is 11.9. The molecule has 8 nitrogen and oxygen atoms in total. The number of rotatable bonds is 9. The molecular formula is C28H27ClN2O6. The Bertz CT molecular complexity index is 1270. The number of morpholine rings is 1. The first-order chi connectivity index (χ1) is 17.9. The van der Waals surface area contributed by atoms with Gasteiger partial charge in [0.25, 0.3) is 5.91 Å². The minimum absolute atomic E-state index is 0.0337. The molecule has 0 bridgehead atoms. The van der Waals surface area contributed by atoms with E-state index in [-0.39, 0.29) is 25.6 Å². The van der Waals surface area contributed by atoms with Crippen LogP contribution in [0.3, 0.4) is 0 Å². The standard InChI is InChI=1S/C28H27ClN2O6/c1-36-23-12-6-8-20(14-23)15-30(17-25(33)34)28(35)27-26(21-9-3-2-4-10-21)31(24(32)18-37-27)16-19-7-5-11-22(29)13-19/h2-14,26-27H,15-18H2,1H3,(H,33,34)/t26-,27-/m1/s1. The number of nitrogens with zero attached hydrogens (tertiary/aromatic N) is 2. The molecule has 2 amide bonds. The SMILES string of the molecule is COc1cccc(CN(CC(=O)O)C(=O)[C@@H]2OCC(=O)N(Cc3cccc(Cl)c3)[C@@H]2c2ccccc2)c1. The molecule has 192 valence electrons. The summed E-state index contributed by atoms with van der Waals surface area (Å²) in [6.45, 7) is -0.590. The van der Waals surface area contributed by atoms with Gasteiger partial charge in [-0.25, -0.2) is 0 Å². The molecule has 1 fully saturated rings. The maximum Gasteiger partial charge on any atom is 0.323 e. The summed E-state index contributed by atoms with van der Waals surface area (Å²) in [5.74, 6) is -1.37. The largest absolute Gasteiger partial charge is 0.497 e. The van der Waals surface area contributed by atoms with Crippen LogP contribution < -0.4 is 4.74 Å². The minimum atomic E-state index is -1.16. The van der Waals surface area contributed by atoms with E-state index in [0.29, 0.717) is 21.9 Å². The Morgan fingerprint density at radius 1 is 1.05 bits per heavy atom. The zero-order valence-corrected chi connectivity index (χ0v) is 21.0. The molecule has 2 atom stereocenters. The topological polar surface area (TPSA) is 96.4 Å². The Hall–Kier alpha value is -3.88. The van der Waals surface area contributed by atoms with E-state index in [1.54, 1.807) is 47.4 Å². The van der Waals surface area contributed by atoms with E-state index in [1.807, 2.05) is 36.4 Å². The van der Waals surface area contributed by atoms with Crippen molar-refractivity contribution in [2.75, 3.05) is 20.3 Å². The van der Waals surface area contributed by atoms with Gasteiger partial charge in [-0.2, -0.15) is 0 Å². The van der Waals surface area contributed by atoms with Gasteiger partial charge in [-0.05, 0) is 41.0 Å². The lowest BCUT2D eigenvalue weighted by Crippen LogP contribution is -2.55. The zero-order valence-electron chi connectivity index (χ0n) is 20.2. The smallest absolute Gasteiger partial charge is 0.323 e. The van der Waals surface area contributed by atoms with Crippen molar-refractivity contribution in [1.29, 1.82) is 0 Å². The molecule has 1 aliphatic heterocycles. The number of carbonyl (C=O) groups excluding carboxylic acids is 2. The fourth-order valence-corrected chi connectivity index (χ4v) is 4.64. The maximum atomic E-state index is 13.9. The number of aliphatic carboxylic acids is 1. The molecule has 3 aromatic rings. The van der Waals surface area contributed by atoms with Crippen molar-refractivity contribution in [2.24, 2.45) is 0 Å². The van der Waals surface area contributed by atoms with Crippen LogP contribution in [0.15, 0.2) is 78.9 Å². The van der Waals surface area contributed by atoms with Gasteiger partial charge >= 0.3 is 5.97 Å². The van der Waals surface area contributed by atoms with Gasteiger partial charge in [0.1, 0.15) is 18.9 Å². The first-order valence-corrected chi connectivity index (χ1v) is 12.1. The lowest BCUT2D eigenvalue weighted by molar-refractivity contribution is -0.172. The van der Waals surface area contributed by atoms with E-state index in [2.05, 4.69) is 0 Å². The van der Waals surface area contributed by atoms with Gasteiger partial charge in [-0.3, -0.25) is 14.4 Å².